The molecular weight excluding hydrogens is 272 g/mol. The Labute approximate surface area is 114 Å². The van der Waals surface area contributed by atoms with Crippen molar-refractivity contribution in [3.63, 3.8) is 0 Å². The minimum Gasteiger partial charge on any atom is -0.354 e. The van der Waals surface area contributed by atoms with Gasteiger partial charge in [0.2, 0.25) is 16.4 Å². The van der Waals surface area contributed by atoms with Gasteiger partial charge in [0.25, 0.3) is 0 Å². The van der Waals surface area contributed by atoms with Crippen LogP contribution in [0.15, 0.2) is 28.8 Å². The first-order valence-electron chi connectivity index (χ1n) is 5.38. The zero-order valence-corrected chi connectivity index (χ0v) is 11.2. The summed E-state index contributed by atoms with van der Waals surface area (Å²) in [5, 5.41) is 4.26. The maximum atomic E-state index is 5.84. The molecule has 0 unspecified atom stereocenters. The van der Waals surface area contributed by atoms with E-state index in [1.54, 1.807) is 18.5 Å². The fourth-order valence-electron chi connectivity index (χ4n) is 1.11. The van der Waals surface area contributed by atoms with Gasteiger partial charge in [-0.15, -0.1) is 0 Å². The molecule has 0 aliphatic carbocycles. The average Bonchev–Trinajstić information content (AvgIpc) is 2.37. The SMILES string of the molecule is CCCNc1nc(Cl)nc(Sc2ncccn2)n1. The van der Waals surface area contributed by atoms with Crippen molar-refractivity contribution in [1.82, 2.24) is 24.9 Å². The number of nitrogens with one attached hydrogen (secondary N) is 1. The van der Waals surface area contributed by atoms with Gasteiger partial charge >= 0.3 is 0 Å². The van der Waals surface area contributed by atoms with Crippen molar-refractivity contribution < 1.29 is 0 Å². The van der Waals surface area contributed by atoms with Gasteiger partial charge in [0.15, 0.2) is 5.16 Å². The Morgan fingerprint density at radius 3 is 2.67 bits per heavy atom. The molecular formula is C10H11ClN6S. The topological polar surface area (TPSA) is 76.5 Å². The number of anilines is 1. The molecule has 18 heavy (non-hydrogen) atoms. The molecule has 2 heterocycles. The molecule has 0 saturated heterocycles. The van der Waals surface area contributed by atoms with E-state index in [0.29, 0.717) is 16.3 Å². The highest BCUT2D eigenvalue weighted by Gasteiger charge is 2.07. The Hall–Kier alpha value is -1.47. The van der Waals surface area contributed by atoms with Gasteiger partial charge in [-0.2, -0.15) is 15.0 Å². The van der Waals surface area contributed by atoms with Crippen molar-refractivity contribution >= 4 is 29.3 Å². The number of hydrogen-bond donors (Lipinski definition) is 1. The molecule has 0 aliphatic heterocycles. The second kappa shape index (κ2) is 6.46. The van der Waals surface area contributed by atoms with Crippen molar-refractivity contribution in [1.29, 1.82) is 0 Å². The lowest BCUT2D eigenvalue weighted by atomic mass is 10.5. The smallest absolute Gasteiger partial charge is 0.228 e. The molecule has 0 radical (unpaired) electrons. The zero-order chi connectivity index (χ0) is 12.8. The van der Waals surface area contributed by atoms with Gasteiger partial charge < -0.3 is 5.32 Å². The van der Waals surface area contributed by atoms with Crippen molar-refractivity contribution in [3.8, 4) is 0 Å². The third kappa shape index (κ3) is 3.78. The Morgan fingerprint density at radius 2 is 1.94 bits per heavy atom. The average molecular weight is 283 g/mol. The zero-order valence-electron chi connectivity index (χ0n) is 9.67. The third-order valence-corrected chi connectivity index (χ3v) is 2.77. The van der Waals surface area contributed by atoms with E-state index in [-0.39, 0.29) is 5.28 Å². The molecule has 0 spiro atoms. The lowest BCUT2D eigenvalue weighted by Gasteiger charge is -2.04. The summed E-state index contributed by atoms with van der Waals surface area (Å²) in [6.45, 7) is 2.84. The summed E-state index contributed by atoms with van der Waals surface area (Å²) in [6.07, 6.45) is 4.30. The van der Waals surface area contributed by atoms with Crippen LogP contribution in [-0.4, -0.2) is 31.5 Å². The second-order valence-electron chi connectivity index (χ2n) is 3.27. The van der Waals surface area contributed by atoms with E-state index in [0.717, 1.165) is 13.0 Å². The van der Waals surface area contributed by atoms with Gasteiger partial charge in [0.05, 0.1) is 0 Å². The summed E-state index contributed by atoms with van der Waals surface area (Å²) in [5.74, 6) is 0.468. The van der Waals surface area contributed by atoms with Crippen LogP contribution in [0.4, 0.5) is 5.95 Å². The maximum absolute atomic E-state index is 5.84. The van der Waals surface area contributed by atoms with Crippen molar-refractivity contribution in [2.24, 2.45) is 0 Å². The minimum absolute atomic E-state index is 0.155. The van der Waals surface area contributed by atoms with E-state index in [4.69, 9.17) is 11.6 Å². The minimum atomic E-state index is 0.155. The van der Waals surface area contributed by atoms with Gasteiger partial charge in [-0.3, -0.25) is 0 Å². The predicted octanol–water partition coefficient (Wildman–Crippen LogP) is 2.29. The van der Waals surface area contributed by atoms with E-state index >= 15 is 0 Å². The summed E-state index contributed by atoms with van der Waals surface area (Å²) in [7, 11) is 0. The molecule has 94 valence electrons. The molecule has 0 aliphatic rings. The monoisotopic (exact) mass is 282 g/mol. The van der Waals surface area contributed by atoms with Gasteiger partial charge in [0.1, 0.15) is 0 Å². The summed E-state index contributed by atoms with van der Waals surface area (Å²) in [5.41, 5.74) is 0. The van der Waals surface area contributed by atoms with Crippen LogP contribution in [-0.2, 0) is 0 Å². The first-order chi connectivity index (χ1) is 8.78. The van der Waals surface area contributed by atoms with Gasteiger partial charge in [0, 0.05) is 18.9 Å². The lowest BCUT2D eigenvalue weighted by molar-refractivity contribution is 0.869. The largest absolute Gasteiger partial charge is 0.354 e. The van der Waals surface area contributed by atoms with Crippen LogP contribution < -0.4 is 5.32 Å². The molecule has 2 aromatic rings. The number of aromatic nitrogens is 5. The van der Waals surface area contributed by atoms with E-state index in [1.165, 1.54) is 11.8 Å². The first-order valence-corrected chi connectivity index (χ1v) is 6.57. The molecule has 2 aromatic heterocycles. The summed E-state index contributed by atoms with van der Waals surface area (Å²) in [4.78, 5) is 20.4. The molecule has 1 N–H and O–H groups in total. The van der Waals surface area contributed by atoms with Crippen LogP contribution in [0.25, 0.3) is 0 Å². The van der Waals surface area contributed by atoms with Crippen LogP contribution in [0, 0.1) is 0 Å². The molecule has 0 saturated carbocycles. The number of hydrogen-bond acceptors (Lipinski definition) is 7. The van der Waals surface area contributed by atoms with Crippen molar-refractivity contribution in [2.45, 2.75) is 23.7 Å². The maximum Gasteiger partial charge on any atom is 0.228 e. The highest BCUT2D eigenvalue weighted by molar-refractivity contribution is 7.99. The second-order valence-corrected chi connectivity index (χ2v) is 4.54. The van der Waals surface area contributed by atoms with E-state index in [9.17, 15) is 0 Å². The Kier molecular flexibility index (Phi) is 4.66. The molecule has 0 atom stereocenters. The molecule has 6 nitrogen and oxygen atoms in total. The van der Waals surface area contributed by atoms with Crippen LogP contribution in [0.2, 0.25) is 5.28 Å². The summed E-state index contributed by atoms with van der Waals surface area (Å²) < 4.78 is 0. The van der Waals surface area contributed by atoms with Gasteiger partial charge in [-0.1, -0.05) is 6.92 Å². The molecule has 0 bridgehead atoms. The fraction of sp³-hybridized carbons (Fsp3) is 0.300. The Bertz CT molecular complexity index is 509. The van der Waals surface area contributed by atoms with Crippen LogP contribution in [0.5, 0.6) is 0 Å². The van der Waals surface area contributed by atoms with Crippen molar-refractivity contribution in [3.05, 3.63) is 23.7 Å². The van der Waals surface area contributed by atoms with E-state index in [1.807, 2.05) is 0 Å². The van der Waals surface area contributed by atoms with Crippen LogP contribution in [0.3, 0.4) is 0 Å². The van der Waals surface area contributed by atoms with Crippen LogP contribution >= 0.6 is 23.4 Å². The first kappa shape index (κ1) is 13.0. The number of halogens is 1. The molecule has 8 heteroatoms. The van der Waals surface area contributed by atoms with Crippen LogP contribution in [0.1, 0.15) is 13.3 Å². The standard InChI is InChI=1S/C10H11ClN6S/c1-2-4-12-8-15-7(11)16-10(17-8)18-9-13-5-3-6-14-9/h3,5-6H,2,4H2,1H3,(H,12,15,16,17). The predicted molar refractivity (Wildman–Crippen MR) is 69.8 cm³/mol. The number of rotatable bonds is 5. The molecule has 0 aromatic carbocycles. The molecule has 2 rings (SSSR count). The van der Waals surface area contributed by atoms with Gasteiger partial charge in [-0.05, 0) is 35.9 Å². The Balaban J connectivity index is 2.15. The summed E-state index contributed by atoms with van der Waals surface area (Å²) in [6, 6.07) is 1.75. The van der Waals surface area contributed by atoms with Gasteiger partial charge in [-0.25, -0.2) is 9.97 Å². The number of nitrogens with zero attached hydrogens (tertiary/aromatic N) is 5. The van der Waals surface area contributed by atoms with E-state index in [2.05, 4.69) is 37.2 Å². The van der Waals surface area contributed by atoms with E-state index < -0.39 is 0 Å². The Morgan fingerprint density at radius 1 is 1.17 bits per heavy atom. The summed E-state index contributed by atoms with van der Waals surface area (Å²) >= 11 is 7.08. The lowest BCUT2D eigenvalue weighted by Crippen LogP contribution is -2.06. The fourth-order valence-corrected chi connectivity index (χ4v) is 1.98. The molecule has 0 fully saturated rings. The van der Waals surface area contributed by atoms with Crippen molar-refractivity contribution in [2.75, 3.05) is 11.9 Å². The third-order valence-electron chi connectivity index (χ3n) is 1.85. The molecule has 0 amide bonds. The normalized spacial score (nSPS) is 10.3. The highest BCUT2D eigenvalue weighted by Crippen LogP contribution is 2.21. The highest BCUT2D eigenvalue weighted by atomic mass is 35.5. The quantitative estimate of drug-likeness (QED) is 0.843.